The van der Waals surface area contributed by atoms with Crippen LogP contribution in [0.2, 0.25) is 5.02 Å². The van der Waals surface area contributed by atoms with Crippen molar-refractivity contribution in [2.45, 2.75) is 24.6 Å². The van der Waals surface area contributed by atoms with E-state index < -0.39 is 0 Å². The molecule has 1 aliphatic carbocycles. The first kappa shape index (κ1) is 11.8. The molecular formula is C13H14ClN3O. The Morgan fingerprint density at radius 3 is 3.11 bits per heavy atom. The Bertz CT molecular complexity index is 513. The number of nitrogens with one attached hydrogen (secondary N) is 1. The molecule has 1 heterocycles. The highest BCUT2D eigenvalue weighted by Crippen LogP contribution is 2.39. The first-order chi connectivity index (χ1) is 8.70. The summed E-state index contributed by atoms with van der Waals surface area (Å²) in [6.45, 7) is 0.780. The fourth-order valence-electron chi connectivity index (χ4n) is 2.84. The summed E-state index contributed by atoms with van der Waals surface area (Å²) in [5, 5.41) is 13.0. The summed E-state index contributed by atoms with van der Waals surface area (Å²) in [6, 6.07) is 7.48. The monoisotopic (exact) mass is 263 g/mol. The molecule has 5 heteroatoms. The number of nitrogens with two attached hydrogens (primary N) is 1. The molecule has 3 N–H and O–H groups in total. The van der Waals surface area contributed by atoms with Crippen molar-refractivity contribution in [3.8, 4) is 6.07 Å². The third kappa shape index (κ3) is 1.76. The van der Waals surface area contributed by atoms with Crippen molar-refractivity contribution in [3.63, 3.8) is 0 Å². The lowest BCUT2D eigenvalue weighted by molar-refractivity contribution is 0.00537. The van der Waals surface area contributed by atoms with Gasteiger partial charge in [0.15, 0.2) is 0 Å². The van der Waals surface area contributed by atoms with Crippen molar-refractivity contribution < 1.29 is 4.74 Å². The van der Waals surface area contributed by atoms with Crippen LogP contribution in [-0.2, 0) is 4.74 Å². The number of fused-ring (bicyclic) bond motifs is 1. The molecule has 0 amide bonds. The van der Waals surface area contributed by atoms with Gasteiger partial charge in [-0.25, -0.2) is 0 Å². The van der Waals surface area contributed by atoms with Crippen molar-refractivity contribution in [2.24, 2.45) is 11.7 Å². The third-order valence-corrected chi connectivity index (χ3v) is 4.11. The summed E-state index contributed by atoms with van der Waals surface area (Å²) in [6.07, 6.45) is 1.20. The minimum absolute atomic E-state index is 0.0723. The van der Waals surface area contributed by atoms with E-state index in [1.54, 1.807) is 18.2 Å². The van der Waals surface area contributed by atoms with Crippen molar-refractivity contribution >= 4 is 17.3 Å². The SMILES string of the molecule is N#Cc1ccc(Cl)cc1NC1C(N)C2CCOC21. The Hall–Kier alpha value is -1.28. The average molecular weight is 264 g/mol. The van der Waals surface area contributed by atoms with Gasteiger partial charge >= 0.3 is 0 Å². The molecule has 0 bridgehead atoms. The van der Waals surface area contributed by atoms with Crippen LogP contribution in [0.15, 0.2) is 18.2 Å². The molecular weight excluding hydrogens is 250 g/mol. The Morgan fingerprint density at radius 2 is 2.33 bits per heavy atom. The molecule has 1 aromatic rings. The normalized spacial score (nSPS) is 33.4. The van der Waals surface area contributed by atoms with E-state index in [0.717, 1.165) is 18.7 Å². The van der Waals surface area contributed by atoms with Crippen molar-refractivity contribution in [1.82, 2.24) is 0 Å². The van der Waals surface area contributed by atoms with Crippen LogP contribution in [0, 0.1) is 17.2 Å². The smallest absolute Gasteiger partial charge is 0.101 e. The number of nitrogens with zero attached hydrogens (tertiary/aromatic N) is 1. The van der Waals surface area contributed by atoms with Gasteiger partial charge in [-0.05, 0) is 24.6 Å². The highest BCUT2D eigenvalue weighted by Gasteiger charge is 2.52. The Morgan fingerprint density at radius 1 is 1.50 bits per heavy atom. The maximum absolute atomic E-state index is 9.07. The van der Waals surface area contributed by atoms with Crippen LogP contribution < -0.4 is 11.1 Å². The highest BCUT2D eigenvalue weighted by atomic mass is 35.5. The number of halogens is 1. The van der Waals surface area contributed by atoms with E-state index in [2.05, 4.69) is 11.4 Å². The number of hydrogen-bond donors (Lipinski definition) is 2. The van der Waals surface area contributed by atoms with Gasteiger partial charge in [0.05, 0.1) is 23.4 Å². The number of benzene rings is 1. The van der Waals surface area contributed by atoms with Gasteiger partial charge in [-0.15, -0.1) is 0 Å². The van der Waals surface area contributed by atoms with E-state index in [4.69, 9.17) is 27.3 Å². The van der Waals surface area contributed by atoms with Gasteiger partial charge in [0.2, 0.25) is 0 Å². The van der Waals surface area contributed by atoms with Crippen LogP contribution >= 0.6 is 11.6 Å². The van der Waals surface area contributed by atoms with Gasteiger partial charge in [0.25, 0.3) is 0 Å². The quantitative estimate of drug-likeness (QED) is 0.853. The van der Waals surface area contributed by atoms with E-state index in [1.165, 1.54) is 0 Å². The lowest BCUT2D eigenvalue weighted by atomic mass is 9.72. The van der Waals surface area contributed by atoms with Crippen molar-refractivity contribution in [3.05, 3.63) is 28.8 Å². The summed E-state index contributed by atoms with van der Waals surface area (Å²) >= 11 is 5.95. The highest BCUT2D eigenvalue weighted by molar-refractivity contribution is 6.30. The summed E-state index contributed by atoms with van der Waals surface area (Å²) < 4.78 is 5.65. The van der Waals surface area contributed by atoms with Crippen LogP contribution in [0.3, 0.4) is 0 Å². The van der Waals surface area contributed by atoms with Crippen LogP contribution in [0.4, 0.5) is 5.69 Å². The first-order valence-electron chi connectivity index (χ1n) is 6.04. The lowest BCUT2D eigenvalue weighted by Crippen LogP contribution is -2.65. The summed E-state index contributed by atoms with van der Waals surface area (Å²) in [4.78, 5) is 0. The predicted octanol–water partition coefficient (Wildman–Crippen LogP) is 1.74. The minimum Gasteiger partial charge on any atom is -0.377 e. The molecule has 0 aromatic heterocycles. The molecule has 1 saturated carbocycles. The van der Waals surface area contributed by atoms with Crippen LogP contribution in [-0.4, -0.2) is 24.8 Å². The van der Waals surface area contributed by atoms with E-state index >= 15 is 0 Å². The number of rotatable bonds is 2. The fraction of sp³-hybridized carbons (Fsp3) is 0.462. The zero-order valence-electron chi connectivity index (χ0n) is 9.77. The fourth-order valence-corrected chi connectivity index (χ4v) is 3.01. The number of hydrogen-bond acceptors (Lipinski definition) is 4. The van der Waals surface area contributed by atoms with Gasteiger partial charge in [0.1, 0.15) is 6.07 Å². The maximum Gasteiger partial charge on any atom is 0.101 e. The van der Waals surface area contributed by atoms with E-state index in [-0.39, 0.29) is 18.2 Å². The largest absolute Gasteiger partial charge is 0.377 e. The second-order valence-electron chi connectivity index (χ2n) is 4.84. The van der Waals surface area contributed by atoms with Crippen molar-refractivity contribution in [1.29, 1.82) is 5.26 Å². The predicted molar refractivity (Wildman–Crippen MR) is 69.4 cm³/mol. The maximum atomic E-state index is 9.07. The molecule has 1 saturated heterocycles. The molecule has 4 atom stereocenters. The second-order valence-corrected chi connectivity index (χ2v) is 5.27. The first-order valence-corrected chi connectivity index (χ1v) is 6.42. The van der Waals surface area contributed by atoms with E-state index in [1.807, 2.05) is 0 Å². The molecule has 1 aromatic carbocycles. The second kappa shape index (κ2) is 4.43. The standard InChI is InChI=1S/C13H14ClN3O/c14-8-2-1-7(6-15)10(5-8)17-12-11(16)9-3-4-18-13(9)12/h1-2,5,9,11-13,17H,3-4,16H2. The molecule has 0 spiro atoms. The summed E-state index contributed by atoms with van der Waals surface area (Å²) in [5.41, 5.74) is 7.44. The Kier molecular flexibility index (Phi) is 2.90. The molecule has 3 rings (SSSR count). The van der Waals surface area contributed by atoms with Crippen LogP contribution in [0.1, 0.15) is 12.0 Å². The molecule has 4 unspecified atom stereocenters. The number of anilines is 1. The molecule has 1 aliphatic heterocycles. The molecule has 2 aliphatic rings. The number of ether oxygens (including phenoxy) is 1. The third-order valence-electron chi connectivity index (χ3n) is 3.87. The van der Waals surface area contributed by atoms with Gasteiger partial charge in [0, 0.05) is 23.6 Å². The van der Waals surface area contributed by atoms with E-state index in [0.29, 0.717) is 16.5 Å². The van der Waals surface area contributed by atoms with E-state index in [9.17, 15) is 0 Å². The van der Waals surface area contributed by atoms with Gasteiger partial charge in [-0.2, -0.15) is 5.26 Å². The molecule has 2 fully saturated rings. The van der Waals surface area contributed by atoms with Crippen LogP contribution in [0.5, 0.6) is 0 Å². The Labute approximate surface area is 111 Å². The minimum atomic E-state index is 0.0723. The summed E-state index contributed by atoms with van der Waals surface area (Å²) in [5.74, 6) is 0.451. The topological polar surface area (TPSA) is 71.1 Å². The number of nitriles is 1. The van der Waals surface area contributed by atoms with Crippen LogP contribution in [0.25, 0.3) is 0 Å². The lowest BCUT2D eigenvalue weighted by Gasteiger charge is -2.46. The molecule has 94 valence electrons. The summed E-state index contributed by atoms with van der Waals surface area (Å²) in [7, 11) is 0. The molecule has 0 radical (unpaired) electrons. The zero-order chi connectivity index (χ0) is 12.7. The molecule has 18 heavy (non-hydrogen) atoms. The zero-order valence-corrected chi connectivity index (χ0v) is 10.5. The van der Waals surface area contributed by atoms with Gasteiger partial charge in [-0.3, -0.25) is 0 Å². The van der Waals surface area contributed by atoms with Gasteiger partial charge < -0.3 is 15.8 Å². The molecule has 4 nitrogen and oxygen atoms in total. The van der Waals surface area contributed by atoms with Crippen molar-refractivity contribution in [2.75, 3.05) is 11.9 Å². The average Bonchev–Trinajstić information content (AvgIpc) is 2.81. The Balaban J connectivity index is 1.81. The van der Waals surface area contributed by atoms with Gasteiger partial charge in [-0.1, -0.05) is 11.6 Å².